The fourth-order valence-electron chi connectivity index (χ4n) is 2.58. The molecule has 56 valence electrons. The van der Waals surface area contributed by atoms with Gasteiger partial charge in [-0.3, -0.25) is 0 Å². The highest BCUT2D eigenvalue weighted by Crippen LogP contribution is 2.43. The predicted octanol–water partition coefficient (Wildman–Crippen LogP) is 1.30. The van der Waals surface area contributed by atoms with Gasteiger partial charge >= 0.3 is 0 Å². The van der Waals surface area contributed by atoms with Gasteiger partial charge < -0.3 is 9.47 Å². The number of hydrogen-bond acceptors (Lipinski definition) is 2. The van der Waals surface area contributed by atoms with Gasteiger partial charge in [0.2, 0.25) is 0 Å². The first kappa shape index (κ1) is 5.56. The molecule has 3 heterocycles. The van der Waals surface area contributed by atoms with Crippen molar-refractivity contribution in [2.45, 2.75) is 44.2 Å². The molecule has 0 aromatic rings. The molecule has 1 aliphatic carbocycles. The molecule has 4 rings (SSSR count). The lowest BCUT2D eigenvalue weighted by molar-refractivity contribution is -0.302. The third kappa shape index (κ3) is 0.663. The molecular weight excluding hydrogens is 128 g/mol. The van der Waals surface area contributed by atoms with Gasteiger partial charge in [0.25, 0.3) is 0 Å². The van der Waals surface area contributed by atoms with Gasteiger partial charge in [0.1, 0.15) is 0 Å². The summed E-state index contributed by atoms with van der Waals surface area (Å²) in [5.41, 5.74) is 0. The van der Waals surface area contributed by atoms with Crippen LogP contribution in [-0.2, 0) is 9.47 Å². The van der Waals surface area contributed by atoms with E-state index in [1.165, 1.54) is 12.8 Å². The van der Waals surface area contributed by atoms with Crippen LogP contribution in [0.5, 0.6) is 0 Å². The Morgan fingerprint density at radius 1 is 0.800 bits per heavy atom. The van der Waals surface area contributed by atoms with E-state index < -0.39 is 0 Å². The van der Waals surface area contributed by atoms with E-state index in [-0.39, 0.29) is 6.29 Å². The van der Waals surface area contributed by atoms with Crippen molar-refractivity contribution in [1.82, 2.24) is 0 Å². The summed E-state index contributed by atoms with van der Waals surface area (Å²) < 4.78 is 11.2. The summed E-state index contributed by atoms with van der Waals surface area (Å²) in [6.07, 6.45) is 6.20. The summed E-state index contributed by atoms with van der Waals surface area (Å²) in [7, 11) is 0. The van der Waals surface area contributed by atoms with E-state index in [2.05, 4.69) is 0 Å². The molecule has 3 aliphatic heterocycles. The molecule has 0 aromatic heterocycles. The van der Waals surface area contributed by atoms with Crippen LogP contribution in [0.4, 0.5) is 0 Å². The van der Waals surface area contributed by atoms with Crippen LogP contribution in [0.3, 0.4) is 0 Å². The van der Waals surface area contributed by atoms with Crippen molar-refractivity contribution in [3.8, 4) is 0 Å². The van der Waals surface area contributed by atoms with Crippen molar-refractivity contribution in [3.63, 3.8) is 0 Å². The third-order valence-electron chi connectivity index (χ3n) is 2.93. The molecule has 1 saturated carbocycles. The minimum absolute atomic E-state index is 0.177. The summed E-state index contributed by atoms with van der Waals surface area (Å²) >= 11 is 0. The van der Waals surface area contributed by atoms with Crippen LogP contribution in [0.2, 0.25) is 0 Å². The molecule has 0 radical (unpaired) electrons. The van der Waals surface area contributed by atoms with E-state index in [1.807, 2.05) is 0 Å². The van der Waals surface area contributed by atoms with E-state index in [1.54, 1.807) is 0 Å². The van der Waals surface area contributed by atoms with Crippen molar-refractivity contribution >= 4 is 0 Å². The topological polar surface area (TPSA) is 18.5 Å². The highest BCUT2D eigenvalue weighted by molar-refractivity contribution is 4.89. The average Bonchev–Trinajstić information content (AvgIpc) is 1.82. The maximum atomic E-state index is 5.60. The van der Waals surface area contributed by atoms with Gasteiger partial charge in [-0.1, -0.05) is 0 Å². The van der Waals surface area contributed by atoms with Crippen molar-refractivity contribution < 1.29 is 9.47 Å². The van der Waals surface area contributed by atoms with E-state index in [4.69, 9.17) is 9.47 Å². The van der Waals surface area contributed by atoms with Crippen LogP contribution < -0.4 is 0 Å². The smallest absolute Gasteiger partial charge is 0.158 e. The first-order valence-electron chi connectivity index (χ1n) is 4.21. The first-order valence-corrected chi connectivity index (χ1v) is 4.21. The van der Waals surface area contributed by atoms with Crippen LogP contribution in [0.15, 0.2) is 0 Å². The molecule has 4 atom stereocenters. The zero-order valence-corrected chi connectivity index (χ0v) is 5.95. The summed E-state index contributed by atoms with van der Waals surface area (Å²) in [4.78, 5) is 0. The summed E-state index contributed by atoms with van der Waals surface area (Å²) in [6.45, 7) is 0. The van der Waals surface area contributed by atoms with Crippen LogP contribution in [0.1, 0.15) is 25.7 Å². The van der Waals surface area contributed by atoms with E-state index in [0.717, 1.165) is 18.8 Å². The van der Waals surface area contributed by atoms with E-state index >= 15 is 0 Å². The lowest BCUT2D eigenvalue weighted by Crippen LogP contribution is -2.50. The number of ether oxygens (including phenoxy) is 2. The highest BCUT2D eigenvalue weighted by atomic mass is 16.7. The third-order valence-corrected chi connectivity index (χ3v) is 2.93. The number of rotatable bonds is 0. The molecule has 2 heteroatoms. The fourth-order valence-corrected chi connectivity index (χ4v) is 2.58. The molecule has 4 fully saturated rings. The van der Waals surface area contributed by atoms with Crippen LogP contribution in [-0.4, -0.2) is 18.5 Å². The van der Waals surface area contributed by atoms with Crippen LogP contribution in [0, 0.1) is 5.92 Å². The fraction of sp³-hybridized carbons (Fsp3) is 1.00. The molecule has 4 aliphatic rings. The van der Waals surface area contributed by atoms with Crippen molar-refractivity contribution in [1.29, 1.82) is 0 Å². The van der Waals surface area contributed by atoms with Crippen LogP contribution >= 0.6 is 0 Å². The lowest BCUT2D eigenvalue weighted by Gasteiger charge is -2.49. The molecule has 0 N–H and O–H groups in total. The summed E-state index contributed by atoms with van der Waals surface area (Å²) in [6, 6.07) is 0. The molecule has 2 nitrogen and oxygen atoms in total. The maximum absolute atomic E-state index is 5.60. The second kappa shape index (κ2) is 1.74. The standard InChI is InChI=1S/C8H12O2/c1-5-2-7-4-6(1)9-8(3-5)10-7/h5-8H,1-4H2/t5-,6+,7-,8+. The molecule has 0 amide bonds. The maximum Gasteiger partial charge on any atom is 0.158 e. The van der Waals surface area contributed by atoms with E-state index in [9.17, 15) is 0 Å². The monoisotopic (exact) mass is 140 g/mol. The normalized spacial score (nSPS) is 57.6. The Morgan fingerprint density at radius 3 is 2.00 bits per heavy atom. The van der Waals surface area contributed by atoms with Gasteiger partial charge in [0, 0.05) is 12.8 Å². The lowest BCUT2D eigenvalue weighted by atomic mass is 9.79. The second-order valence-electron chi connectivity index (χ2n) is 3.75. The Hall–Kier alpha value is -0.0800. The predicted molar refractivity (Wildman–Crippen MR) is 35.5 cm³/mol. The van der Waals surface area contributed by atoms with E-state index in [0.29, 0.717) is 12.2 Å². The molecule has 0 spiro atoms. The molecule has 4 bridgehead atoms. The van der Waals surface area contributed by atoms with Gasteiger partial charge in [-0.15, -0.1) is 0 Å². The quantitative estimate of drug-likeness (QED) is 0.505. The molecule has 0 unspecified atom stereocenters. The zero-order valence-electron chi connectivity index (χ0n) is 5.95. The molecular formula is C8H12O2. The molecule has 10 heavy (non-hydrogen) atoms. The Labute approximate surface area is 60.5 Å². The number of hydrogen-bond donors (Lipinski definition) is 0. The minimum atomic E-state index is 0.177. The summed E-state index contributed by atoms with van der Waals surface area (Å²) in [5, 5.41) is 0. The summed E-state index contributed by atoms with van der Waals surface area (Å²) in [5.74, 6) is 0.927. The average molecular weight is 140 g/mol. The Kier molecular flexibility index (Phi) is 0.968. The van der Waals surface area contributed by atoms with Crippen molar-refractivity contribution in [2.24, 2.45) is 5.92 Å². The minimum Gasteiger partial charge on any atom is -0.349 e. The second-order valence-corrected chi connectivity index (χ2v) is 3.75. The Balaban J connectivity index is 1.90. The molecule has 0 aromatic carbocycles. The van der Waals surface area contributed by atoms with Gasteiger partial charge in [0.05, 0.1) is 12.2 Å². The molecule has 3 saturated heterocycles. The first-order chi connectivity index (χ1) is 4.90. The van der Waals surface area contributed by atoms with Gasteiger partial charge in [-0.05, 0) is 18.8 Å². The zero-order chi connectivity index (χ0) is 6.55. The highest BCUT2D eigenvalue weighted by Gasteiger charge is 2.43. The van der Waals surface area contributed by atoms with Gasteiger partial charge in [0.15, 0.2) is 6.29 Å². The Morgan fingerprint density at radius 2 is 1.50 bits per heavy atom. The van der Waals surface area contributed by atoms with Crippen molar-refractivity contribution in [2.75, 3.05) is 0 Å². The van der Waals surface area contributed by atoms with Gasteiger partial charge in [-0.2, -0.15) is 0 Å². The van der Waals surface area contributed by atoms with Crippen molar-refractivity contribution in [3.05, 3.63) is 0 Å². The largest absolute Gasteiger partial charge is 0.349 e. The SMILES string of the molecule is C1[C@H]2C[C@H]3C[C@@H]1O[C@@H](C2)O3. The Bertz CT molecular complexity index is 98.8. The van der Waals surface area contributed by atoms with Crippen LogP contribution in [0.25, 0.3) is 0 Å². The van der Waals surface area contributed by atoms with Gasteiger partial charge in [-0.25, -0.2) is 0 Å².